The van der Waals surface area contributed by atoms with Gasteiger partial charge in [-0.05, 0) is 40.1 Å². The van der Waals surface area contributed by atoms with E-state index in [0.29, 0.717) is 34.8 Å². The second kappa shape index (κ2) is 8.76. The van der Waals surface area contributed by atoms with Gasteiger partial charge in [0, 0.05) is 35.6 Å². The molecule has 12 nitrogen and oxygen atoms in total. The minimum absolute atomic E-state index is 0.0326. The lowest BCUT2D eigenvalue weighted by molar-refractivity contribution is -0.124. The molecule has 0 spiro atoms. The van der Waals surface area contributed by atoms with Crippen LogP contribution in [0.4, 0.5) is 4.79 Å². The molecule has 1 fully saturated rings. The molecule has 4 amide bonds. The Hall–Kier alpha value is -5.13. The zero-order valence-corrected chi connectivity index (χ0v) is 20.5. The second-order valence-corrected chi connectivity index (χ2v) is 9.14. The summed E-state index contributed by atoms with van der Waals surface area (Å²) in [7, 11) is 3.22. The molecule has 1 saturated heterocycles. The molecule has 4 aromatic rings. The highest BCUT2D eigenvalue weighted by Gasteiger charge is 2.50. The summed E-state index contributed by atoms with van der Waals surface area (Å²) in [6.45, 7) is 0.283. The van der Waals surface area contributed by atoms with Crippen molar-refractivity contribution in [3.63, 3.8) is 0 Å². The molecule has 0 radical (unpaired) electrons. The van der Waals surface area contributed by atoms with Crippen molar-refractivity contribution in [1.29, 1.82) is 0 Å². The largest absolute Gasteiger partial charge is 0.497 e. The molecule has 0 bridgehead atoms. The lowest BCUT2D eigenvalue weighted by Crippen LogP contribution is -2.52. The molecule has 1 atom stereocenters. The van der Waals surface area contributed by atoms with Gasteiger partial charge in [-0.25, -0.2) is 4.79 Å². The maximum Gasteiger partial charge on any atom is 0.322 e. The second-order valence-electron chi connectivity index (χ2n) is 9.14. The van der Waals surface area contributed by atoms with E-state index in [4.69, 9.17) is 4.74 Å². The zero-order chi connectivity index (χ0) is 26.4. The molecule has 2 aliphatic rings. The van der Waals surface area contributed by atoms with Crippen LogP contribution >= 0.6 is 0 Å². The van der Waals surface area contributed by atoms with E-state index in [9.17, 15) is 14.4 Å². The number of aromatic nitrogens is 5. The van der Waals surface area contributed by atoms with Crippen molar-refractivity contribution < 1.29 is 19.1 Å². The Kier molecular flexibility index (Phi) is 5.37. The minimum atomic E-state index is -1.44. The van der Waals surface area contributed by atoms with Crippen LogP contribution in [0.5, 0.6) is 5.75 Å². The number of imide groups is 1. The summed E-state index contributed by atoms with van der Waals surface area (Å²) in [5, 5.41) is 17.2. The lowest BCUT2D eigenvalue weighted by Gasteiger charge is -2.31. The Balaban J connectivity index is 1.31. The SMILES string of the molecule is COc1ccc2c(c1)C(=O)N(C[C@@]1(c3ccc(-c4cncc(-c5nnn(C)n5)c4)cc3)NC(=O)NC1=O)C2. The Labute approximate surface area is 216 Å². The van der Waals surface area contributed by atoms with Crippen LogP contribution < -0.4 is 15.4 Å². The number of amides is 4. The summed E-state index contributed by atoms with van der Waals surface area (Å²) >= 11 is 0. The zero-order valence-electron chi connectivity index (χ0n) is 20.5. The van der Waals surface area contributed by atoms with Crippen molar-refractivity contribution in [3.05, 3.63) is 77.6 Å². The third kappa shape index (κ3) is 3.82. The lowest BCUT2D eigenvalue weighted by atomic mass is 9.88. The van der Waals surface area contributed by atoms with E-state index in [-0.39, 0.29) is 12.5 Å². The van der Waals surface area contributed by atoms with Gasteiger partial charge in [-0.2, -0.15) is 4.80 Å². The Morgan fingerprint density at radius 2 is 1.79 bits per heavy atom. The topological polar surface area (TPSA) is 144 Å². The summed E-state index contributed by atoms with van der Waals surface area (Å²) in [4.78, 5) is 45.9. The van der Waals surface area contributed by atoms with Gasteiger partial charge in [0.2, 0.25) is 5.82 Å². The molecule has 4 heterocycles. The van der Waals surface area contributed by atoms with Crippen LogP contribution in [0.1, 0.15) is 21.5 Å². The molecule has 38 heavy (non-hydrogen) atoms. The summed E-state index contributed by atoms with van der Waals surface area (Å²) in [5.41, 5.74) is 2.81. The van der Waals surface area contributed by atoms with Crippen LogP contribution in [-0.4, -0.2) is 61.6 Å². The van der Waals surface area contributed by atoms with Crippen molar-refractivity contribution >= 4 is 17.8 Å². The van der Waals surface area contributed by atoms with Crippen molar-refractivity contribution in [3.8, 4) is 28.3 Å². The smallest absolute Gasteiger partial charge is 0.322 e. The molecule has 12 heteroatoms. The average Bonchev–Trinajstić information content (AvgIpc) is 3.59. The fourth-order valence-electron chi connectivity index (χ4n) is 4.85. The van der Waals surface area contributed by atoms with Crippen molar-refractivity contribution in [2.45, 2.75) is 12.1 Å². The number of ether oxygens (including phenoxy) is 1. The monoisotopic (exact) mass is 510 g/mol. The van der Waals surface area contributed by atoms with Crippen molar-refractivity contribution in [2.75, 3.05) is 13.7 Å². The van der Waals surface area contributed by atoms with Gasteiger partial charge >= 0.3 is 6.03 Å². The molecule has 6 rings (SSSR count). The third-order valence-corrected chi connectivity index (χ3v) is 6.78. The number of nitrogens with zero attached hydrogens (tertiary/aromatic N) is 6. The van der Waals surface area contributed by atoms with Crippen LogP contribution in [0, 0.1) is 0 Å². The molecule has 0 unspecified atom stereocenters. The van der Waals surface area contributed by atoms with Gasteiger partial charge in [0.15, 0.2) is 5.54 Å². The fourth-order valence-corrected chi connectivity index (χ4v) is 4.85. The number of pyridine rings is 1. The highest BCUT2D eigenvalue weighted by molar-refractivity contribution is 6.08. The summed E-state index contributed by atoms with van der Waals surface area (Å²) in [6.07, 6.45) is 3.37. The number of rotatable bonds is 6. The molecule has 2 aromatic carbocycles. The van der Waals surface area contributed by atoms with E-state index in [2.05, 4.69) is 31.0 Å². The normalized spacial score (nSPS) is 18.4. The third-order valence-electron chi connectivity index (χ3n) is 6.78. The van der Waals surface area contributed by atoms with Gasteiger partial charge in [-0.15, -0.1) is 10.2 Å². The van der Waals surface area contributed by atoms with Crippen LogP contribution in [0.25, 0.3) is 22.5 Å². The van der Waals surface area contributed by atoms with Gasteiger partial charge in [0.05, 0.1) is 20.7 Å². The molecular formula is C26H22N8O4. The first-order chi connectivity index (χ1) is 18.4. The molecular weight excluding hydrogens is 488 g/mol. The van der Waals surface area contributed by atoms with Crippen LogP contribution in [-0.2, 0) is 23.9 Å². The Morgan fingerprint density at radius 3 is 2.47 bits per heavy atom. The van der Waals surface area contributed by atoms with Crippen molar-refractivity contribution in [1.82, 2.24) is 40.7 Å². The number of hydrogen-bond donors (Lipinski definition) is 2. The van der Waals surface area contributed by atoms with E-state index in [0.717, 1.165) is 16.7 Å². The first-order valence-corrected chi connectivity index (χ1v) is 11.8. The number of hydrogen-bond acceptors (Lipinski definition) is 8. The van der Waals surface area contributed by atoms with E-state index >= 15 is 0 Å². The first-order valence-electron chi connectivity index (χ1n) is 11.8. The number of benzene rings is 2. The number of carbonyl (C=O) groups is 3. The number of fused-ring (bicyclic) bond motifs is 1. The molecule has 2 aromatic heterocycles. The predicted octanol–water partition coefficient (Wildman–Crippen LogP) is 1.64. The highest BCUT2D eigenvalue weighted by Crippen LogP contribution is 2.33. The van der Waals surface area contributed by atoms with Crippen molar-refractivity contribution in [2.24, 2.45) is 7.05 Å². The quantitative estimate of drug-likeness (QED) is 0.373. The number of aryl methyl sites for hydroxylation is 1. The van der Waals surface area contributed by atoms with Crippen LogP contribution in [0.15, 0.2) is 60.9 Å². The summed E-state index contributed by atoms with van der Waals surface area (Å²) in [5.74, 6) is 0.278. The molecule has 0 aliphatic carbocycles. The van der Waals surface area contributed by atoms with E-state index in [1.165, 1.54) is 11.9 Å². The predicted molar refractivity (Wildman–Crippen MR) is 134 cm³/mol. The van der Waals surface area contributed by atoms with Gasteiger partial charge in [0.1, 0.15) is 5.75 Å². The number of carbonyl (C=O) groups excluding carboxylic acids is 3. The molecule has 0 saturated carbocycles. The summed E-state index contributed by atoms with van der Waals surface area (Å²) in [6, 6.07) is 13.8. The van der Waals surface area contributed by atoms with Gasteiger partial charge < -0.3 is 15.0 Å². The first kappa shape index (κ1) is 23.3. The average molecular weight is 511 g/mol. The fraction of sp³-hybridized carbons (Fsp3) is 0.192. The molecule has 2 aliphatic heterocycles. The molecule has 190 valence electrons. The van der Waals surface area contributed by atoms with Crippen LogP contribution in [0.2, 0.25) is 0 Å². The highest BCUT2D eigenvalue weighted by atomic mass is 16.5. The number of urea groups is 1. The minimum Gasteiger partial charge on any atom is -0.497 e. The summed E-state index contributed by atoms with van der Waals surface area (Å²) < 4.78 is 5.25. The molecule has 2 N–H and O–H groups in total. The maximum atomic E-state index is 13.2. The van der Waals surface area contributed by atoms with E-state index in [1.807, 2.05) is 24.3 Å². The standard InChI is InChI=1S/C26H22N8O4/c1-33-31-22(30-32-33)18-9-17(11-27-12-18)15-3-6-19(7-4-15)26(24(36)28-25(37)29-26)14-34-13-16-5-8-20(38-2)10-21(16)23(34)35/h3-12H,13-14H2,1-2H3,(H2,28,29,36,37)/t26-/m0/s1. The van der Waals surface area contributed by atoms with Crippen LogP contribution in [0.3, 0.4) is 0 Å². The number of tetrazole rings is 1. The number of nitrogens with one attached hydrogen (secondary N) is 2. The van der Waals surface area contributed by atoms with Gasteiger partial charge in [-0.3, -0.25) is 19.9 Å². The van der Waals surface area contributed by atoms with E-state index in [1.54, 1.807) is 48.6 Å². The number of methoxy groups -OCH3 is 1. The maximum absolute atomic E-state index is 13.2. The van der Waals surface area contributed by atoms with Gasteiger partial charge in [0.25, 0.3) is 11.8 Å². The Bertz CT molecular complexity index is 1600. The Morgan fingerprint density at radius 1 is 1.00 bits per heavy atom. The van der Waals surface area contributed by atoms with E-state index < -0.39 is 17.5 Å². The van der Waals surface area contributed by atoms with Gasteiger partial charge in [-0.1, -0.05) is 30.3 Å².